The molecular formula is C26H30O3. The third-order valence-corrected chi connectivity index (χ3v) is 6.15. The molecule has 3 rings (SSSR count). The summed E-state index contributed by atoms with van der Waals surface area (Å²) in [5.74, 6) is -1.30. The lowest BCUT2D eigenvalue weighted by Crippen LogP contribution is -2.24. The molecule has 152 valence electrons. The summed E-state index contributed by atoms with van der Waals surface area (Å²) in [5, 5.41) is 0. The number of hydrogen-bond acceptors (Lipinski definition) is 3. The maximum atomic E-state index is 13.1. The Labute approximate surface area is 173 Å². The highest BCUT2D eigenvalue weighted by molar-refractivity contribution is 6.15. The lowest BCUT2D eigenvalue weighted by molar-refractivity contribution is -0.128. The Balaban J connectivity index is 1.74. The van der Waals surface area contributed by atoms with Gasteiger partial charge in [0.25, 0.3) is 0 Å². The van der Waals surface area contributed by atoms with E-state index >= 15 is 0 Å². The minimum absolute atomic E-state index is 0.0444. The van der Waals surface area contributed by atoms with E-state index < -0.39 is 11.8 Å². The van der Waals surface area contributed by atoms with Crippen LogP contribution in [0.2, 0.25) is 0 Å². The molecule has 2 aromatic rings. The second kappa shape index (κ2) is 8.06. The molecule has 0 aromatic heterocycles. The first-order valence-corrected chi connectivity index (χ1v) is 10.3. The maximum Gasteiger partial charge on any atom is 0.151 e. The van der Waals surface area contributed by atoms with Crippen molar-refractivity contribution in [3.63, 3.8) is 0 Å². The quantitative estimate of drug-likeness (QED) is 0.639. The first kappa shape index (κ1) is 21.2. The highest BCUT2D eigenvalue weighted by atomic mass is 16.2. The number of aryl methyl sites for hydroxylation is 3. The van der Waals surface area contributed by atoms with Crippen LogP contribution < -0.4 is 0 Å². The first-order chi connectivity index (χ1) is 13.6. The SMILES string of the molecule is Cc1cc(C)c(C2C(=O)CC(CC(=O)CC(C)(C)c3ccccc3)C2=O)c(C)c1. The van der Waals surface area contributed by atoms with Gasteiger partial charge in [-0.1, -0.05) is 61.9 Å². The van der Waals surface area contributed by atoms with Crippen molar-refractivity contribution in [1.82, 2.24) is 0 Å². The fourth-order valence-corrected chi connectivity index (χ4v) is 4.81. The van der Waals surface area contributed by atoms with E-state index in [-0.39, 0.29) is 35.6 Å². The minimum atomic E-state index is -0.712. The Hall–Kier alpha value is -2.55. The predicted octanol–water partition coefficient (Wildman–Crippen LogP) is 5.18. The van der Waals surface area contributed by atoms with Crippen molar-refractivity contribution in [2.24, 2.45) is 5.92 Å². The van der Waals surface area contributed by atoms with Gasteiger partial charge in [0.1, 0.15) is 17.5 Å². The van der Waals surface area contributed by atoms with Crippen molar-refractivity contribution in [3.05, 3.63) is 70.3 Å². The lowest BCUT2D eigenvalue weighted by Gasteiger charge is -2.25. The molecule has 0 radical (unpaired) electrons. The van der Waals surface area contributed by atoms with E-state index in [1.165, 1.54) is 0 Å². The Kier molecular flexibility index (Phi) is 5.88. The maximum absolute atomic E-state index is 13.1. The number of carbonyl (C=O) groups is 3. The largest absolute Gasteiger partial charge is 0.300 e. The van der Waals surface area contributed by atoms with Gasteiger partial charge in [0.15, 0.2) is 5.78 Å². The fraction of sp³-hybridized carbons (Fsp3) is 0.423. The summed E-state index contributed by atoms with van der Waals surface area (Å²) in [5.41, 5.74) is 4.72. The van der Waals surface area contributed by atoms with Crippen LogP contribution in [-0.4, -0.2) is 17.3 Å². The third kappa shape index (κ3) is 4.39. The zero-order valence-corrected chi connectivity index (χ0v) is 18.0. The van der Waals surface area contributed by atoms with Crippen LogP contribution in [0.25, 0.3) is 0 Å². The molecule has 0 aliphatic heterocycles. The van der Waals surface area contributed by atoms with Gasteiger partial charge >= 0.3 is 0 Å². The van der Waals surface area contributed by atoms with Crippen LogP contribution in [0.3, 0.4) is 0 Å². The van der Waals surface area contributed by atoms with Gasteiger partial charge in [0.2, 0.25) is 0 Å². The molecule has 1 saturated carbocycles. The average molecular weight is 391 g/mol. The van der Waals surface area contributed by atoms with Gasteiger partial charge in [-0.3, -0.25) is 14.4 Å². The van der Waals surface area contributed by atoms with E-state index in [9.17, 15) is 14.4 Å². The van der Waals surface area contributed by atoms with Gasteiger partial charge in [-0.05, 0) is 48.4 Å². The van der Waals surface area contributed by atoms with Crippen molar-refractivity contribution in [2.75, 3.05) is 0 Å². The molecule has 29 heavy (non-hydrogen) atoms. The molecule has 1 aliphatic carbocycles. The summed E-state index contributed by atoms with van der Waals surface area (Å²) in [6.07, 6.45) is 0.692. The molecule has 3 heteroatoms. The molecule has 0 bridgehead atoms. The van der Waals surface area contributed by atoms with Crippen molar-refractivity contribution >= 4 is 17.3 Å². The standard InChI is InChI=1S/C26H30O3/c1-16-11-17(2)23(18(3)12-16)24-22(28)14-19(25(24)29)13-21(27)15-26(4,5)20-9-7-6-8-10-20/h6-12,19,24H,13-15H2,1-5H3. The molecule has 2 unspecified atom stereocenters. The topological polar surface area (TPSA) is 51.2 Å². The van der Waals surface area contributed by atoms with E-state index in [0.717, 1.165) is 27.8 Å². The van der Waals surface area contributed by atoms with E-state index in [2.05, 4.69) is 0 Å². The van der Waals surface area contributed by atoms with Crippen molar-refractivity contribution < 1.29 is 14.4 Å². The van der Waals surface area contributed by atoms with Crippen molar-refractivity contribution in [2.45, 2.75) is 65.2 Å². The summed E-state index contributed by atoms with van der Waals surface area (Å²) < 4.78 is 0. The van der Waals surface area contributed by atoms with Crippen molar-refractivity contribution in [3.8, 4) is 0 Å². The number of hydrogen-bond donors (Lipinski definition) is 0. The van der Waals surface area contributed by atoms with Crippen LogP contribution in [-0.2, 0) is 19.8 Å². The third-order valence-electron chi connectivity index (χ3n) is 6.15. The molecule has 0 spiro atoms. The fourth-order valence-electron chi connectivity index (χ4n) is 4.81. The zero-order chi connectivity index (χ0) is 21.3. The van der Waals surface area contributed by atoms with E-state index in [0.29, 0.717) is 6.42 Å². The molecule has 3 nitrogen and oxygen atoms in total. The second-order valence-electron chi connectivity index (χ2n) is 9.18. The molecule has 0 heterocycles. The summed E-state index contributed by atoms with van der Waals surface area (Å²) >= 11 is 0. The molecular weight excluding hydrogens is 360 g/mol. The minimum Gasteiger partial charge on any atom is -0.300 e. The highest BCUT2D eigenvalue weighted by Gasteiger charge is 2.44. The summed E-state index contributed by atoms with van der Waals surface area (Å²) in [6, 6.07) is 14.0. The molecule has 2 aromatic carbocycles. The smallest absolute Gasteiger partial charge is 0.151 e. The van der Waals surface area contributed by atoms with Crippen LogP contribution >= 0.6 is 0 Å². The Bertz CT molecular complexity index is 930. The molecule has 0 saturated heterocycles. The van der Waals surface area contributed by atoms with Crippen molar-refractivity contribution in [1.29, 1.82) is 0 Å². The van der Waals surface area contributed by atoms with E-state index in [1.807, 2.05) is 77.1 Å². The second-order valence-corrected chi connectivity index (χ2v) is 9.18. The number of rotatable bonds is 6. The van der Waals surface area contributed by atoms with Gasteiger partial charge in [0, 0.05) is 25.2 Å². The van der Waals surface area contributed by atoms with Gasteiger partial charge < -0.3 is 0 Å². The van der Waals surface area contributed by atoms with Gasteiger partial charge in [-0.15, -0.1) is 0 Å². The lowest BCUT2D eigenvalue weighted by atomic mass is 9.78. The summed E-state index contributed by atoms with van der Waals surface area (Å²) in [6.45, 7) is 10.0. The Morgan fingerprint density at radius 1 is 1.00 bits per heavy atom. The average Bonchev–Trinajstić information content (AvgIpc) is 2.89. The first-order valence-electron chi connectivity index (χ1n) is 10.3. The van der Waals surface area contributed by atoms with Crippen LogP contribution in [0.5, 0.6) is 0 Å². The van der Waals surface area contributed by atoms with Gasteiger partial charge in [-0.25, -0.2) is 0 Å². The van der Waals surface area contributed by atoms with Crippen LogP contribution in [0, 0.1) is 26.7 Å². The number of ketones is 3. The number of Topliss-reactive ketones (excluding diaryl/α,β-unsaturated/α-hetero) is 3. The zero-order valence-electron chi connectivity index (χ0n) is 18.0. The van der Waals surface area contributed by atoms with Gasteiger partial charge in [0.05, 0.1) is 0 Å². The molecule has 2 atom stereocenters. The molecule has 1 fully saturated rings. The van der Waals surface area contributed by atoms with E-state index in [4.69, 9.17) is 0 Å². The monoisotopic (exact) mass is 390 g/mol. The molecule has 0 amide bonds. The highest BCUT2D eigenvalue weighted by Crippen LogP contribution is 2.38. The summed E-state index contributed by atoms with van der Waals surface area (Å²) in [4.78, 5) is 38.6. The molecule has 1 aliphatic rings. The predicted molar refractivity (Wildman–Crippen MR) is 115 cm³/mol. The Morgan fingerprint density at radius 3 is 2.17 bits per heavy atom. The van der Waals surface area contributed by atoms with Crippen LogP contribution in [0.15, 0.2) is 42.5 Å². The van der Waals surface area contributed by atoms with Crippen LogP contribution in [0.4, 0.5) is 0 Å². The van der Waals surface area contributed by atoms with Gasteiger partial charge in [-0.2, -0.15) is 0 Å². The molecule has 0 N–H and O–H groups in total. The number of carbonyl (C=O) groups excluding carboxylic acids is 3. The van der Waals surface area contributed by atoms with Crippen LogP contribution in [0.1, 0.15) is 66.8 Å². The number of benzene rings is 2. The Morgan fingerprint density at radius 2 is 1.59 bits per heavy atom. The summed E-state index contributed by atoms with van der Waals surface area (Å²) in [7, 11) is 0. The van der Waals surface area contributed by atoms with E-state index in [1.54, 1.807) is 0 Å². The normalized spacial score (nSPS) is 19.6.